The first-order chi connectivity index (χ1) is 9.74. The SMILES string of the molecule is Fc1ccc(-c2noc(C3CCCCCN3)n2)c(Cl)c1. The first-order valence-corrected chi connectivity index (χ1v) is 7.14. The number of nitrogens with one attached hydrogen (secondary N) is 1. The topological polar surface area (TPSA) is 51.0 Å². The van der Waals surface area contributed by atoms with Crippen LogP contribution in [0, 0.1) is 5.82 Å². The fourth-order valence-electron chi connectivity index (χ4n) is 2.40. The summed E-state index contributed by atoms with van der Waals surface area (Å²) < 4.78 is 18.4. The average molecular weight is 296 g/mol. The van der Waals surface area contributed by atoms with E-state index >= 15 is 0 Å². The molecule has 6 heteroatoms. The molecule has 1 fully saturated rings. The Bertz CT molecular complexity index is 594. The van der Waals surface area contributed by atoms with Gasteiger partial charge in [0.25, 0.3) is 0 Å². The van der Waals surface area contributed by atoms with Gasteiger partial charge in [-0.25, -0.2) is 4.39 Å². The Hall–Kier alpha value is -1.46. The molecule has 4 nitrogen and oxygen atoms in total. The number of benzene rings is 1. The van der Waals surface area contributed by atoms with Crippen LogP contribution in [0.1, 0.15) is 37.6 Å². The summed E-state index contributed by atoms with van der Waals surface area (Å²) in [5.74, 6) is 0.589. The van der Waals surface area contributed by atoms with Crippen molar-refractivity contribution in [2.45, 2.75) is 31.7 Å². The molecule has 2 heterocycles. The smallest absolute Gasteiger partial charge is 0.244 e. The molecule has 1 aliphatic heterocycles. The summed E-state index contributed by atoms with van der Waals surface area (Å²) in [6.45, 7) is 0.958. The molecule has 0 radical (unpaired) electrons. The third kappa shape index (κ3) is 2.83. The van der Waals surface area contributed by atoms with E-state index in [1.807, 2.05) is 0 Å². The van der Waals surface area contributed by atoms with Crippen LogP contribution in [-0.2, 0) is 0 Å². The Morgan fingerprint density at radius 3 is 3.05 bits per heavy atom. The number of hydrogen-bond donors (Lipinski definition) is 1. The number of rotatable bonds is 2. The van der Waals surface area contributed by atoms with Gasteiger partial charge >= 0.3 is 0 Å². The third-order valence-electron chi connectivity index (χ3n) is 3.47. The van der Waals surface area contributed by atoms with Crippen LogP contribution in [0.5, 0.6) is 0 Å². The van der Waals surface area contributed by atoms with E-state index in [2.05, 4.69) is 15.5 Å². The number of aromatic nitrogens is 2. The highest BCUT2D eigenvalue weighted by atomic mass is 35.5. The lowest BCUT2D eigenvalue weighted by molar-refractivity contribution is 0.327. The molecule has 0 saturated carbocycles. The minimum atomic E-state index is -0.382. The van der Waals surface area contributed by atoms with Crippen molar-refractivity contribution in [1.82, 2.24) is 15.5 Å². The molecule has 20 heavy (non-hydrogen) atoms. The van der Waals surface area contributed by atoms with E-state index in [-0.39, 0.29) is 16.9 Å². The quantitative estimate of drug-likeness (QED) is 0.917. The Morgan fingerprint density at radius 2 is 2.20 bits per heavy atom. The standard InChI is InChI=1S/C14H15ClFN3O/c15-11-8-9(16)5-6-10(11)13-18-14(20-19-13)12-4-2-1-3-7-17-12/h5-6,8,12,17H,1-4,7H2. The Morgan fingerprint density at radius 1 is 1.30 bits per heavy atom. The van der Waals surface area contributed by atoms with Crippen molar-refractivity contribution >= 4 is 11.6 Å². The first-order valence-electron chi connectivity index (χ1n) is 6.76. The van der Waals surface area contributed by atoms with Crippen LogP contribution in [0.25, 0.3) is 11.4 Å². The van der Waals surface area contributed by atoms with Crippen LogP contribution in [0.3, 0.4) is 0 Å². The van der Waals surface area contributed by atoms with E-state index in [9.17, 15) is 4.39 Å². The Balaban J connectivity index is 1.85. The third-order valence-corrected chi connectivity index (χ3v) is 3.78. The van der Waals surface area contributed by atoms with E-state index in [4.69, 9.17) is 16.1 Å². The lowest BCUT2D eigenvalue weighted by atomic mass is 10.1. The van der Waals surface area contributed by atoms with Crippen LogP contribution in [-0.4, -0.2) is 16.7 Å². The zero-order valence-electron chi connectivity index (χ0n) is 10.9. The van der Waals surface area contributed by atoms with Crippen molar-refractivity contribution in [2.24, 2.45) is 0 Å². The highest BCUT2D eigenvalue weighted by molar-refractivity contribution is 6.33. The molecule has 1 saturated heterocycles. The minimum absolute atomic E-state index is 0.0953. The van der Waals surface area contributed by atoms with E-state index in [0.29, 0.717) is 17.3 Å². The van der Waals surface area contributed by atoms with Crippen LogP contribution >= 0.6 is 11.6 Å². The van der Waals surface area contributed by atoms with Crippen molar-refractivity contribution < 1.29 is 8.91 Å². The summed E-state index contributed by atoms with van der Waals surface area (Å²) in [6.07, 6.45) is 4.51. The lowest BCUT2D eigenvalue weighted by Crippen LogP contribution is -2.20. The Kier molecular flexibility index (Phi) is 3.98. The molecule has 0 spiro atoms. The van der Waals surface area contributed by atoms with Crippen LogP contribution in [0.4, 0.5) is 4.39 Å². The second kappa shape index (κ2) is 5.89. The minimum Gasteiger partial charge on any atom is -0.337 e. The van der Waals surface area contributed by atoms with Gasteiger partial charge in [0.15, 0.2) is 0 Å². The van der Waals surface area contributed by atoms with Gasteiger partial charge < -0.3 is 9.84 Å². The van der Waals surface area contributed by atoms with Gasteiger partial charge in [-0.05, 0) is 37.6 Å². The van der Waals surface area contributed by atoms with Crippen molar-refractivity contribution in [3.63, 3.8) is 0 Å². The van der Waals surface area contributed by atoms with Gasteiger partial charge in [0, 0.05) is 5.56 Å². The zero-order valence-corrected chi connectivity index (χ0v) is 11.7. The van der Waals surface area contributed by atoms with E-state index in [0.717, 1.165) is 19.4 Å². The summed E-state index contributed by atoms with van der Waals surface area (Å²) in [6, 6.07) is 4.24. The normalized spacial score (nSPS) is 19.8. The molecule has 106 valence electrons. The maximum atomic E-state index is 13.0. The van der Waals surface area contributed by atoms with Gasteiger partial charge in [-0.3, -0.25) is 0 Å². The van der Waals surface area contributed by atoms with Crippen molar-refractivity contribution in [3.8, 4) is 11.4 Å². The zero-order chi connectivity index (χ0) is 13.9. The predicted octanol–water partition coefficient (Wildman–Crippen LogP) is 3.73. The molecule has 1 unspecified atom stereocenters. The number of hydrogen-bond acceptors (Lipinski definition) is 4. The van der Waals surface area contributed by atoms with Crippen molar-refractivity contribution in [1.29, 1.82) is 0 Å². The summed E-state index contributed by atoms with van der Waals surface area (Å²) >= 11 is 6.01. The maximum absolute atomic E-state index is 13.0. The molecular weight excluding hydrogens is 281 g/mol. The van der Waals surface area contributed by atoms with Gasteiger partial charge in [0.2, 0.25) is 11.7 Å². The van der Waals surface area contributed by atoms with Crippen LogP contribution < -0.4 is 5.32 Å². The first kappa shape index (κ1) is 13.5. The second-order valence-electron chi connectivity index (χ2n) is 4.94. The largest absolute Gasteiger partial charge is 0.337 e. The van der Waals surface area contributed by atoms with E-state index in [1.54, 1.807) is 6.07 Å². The van der Waals surface area contributed by atoms with E-state index < -0.39 is 0 Å². The molecule has 3 rings (SSSR count). The molecule has 1 N–H and O–H groups in total. The second-order valence-corrected chi connectivity index (χ2v) is 5.34. The van der Waals surface area contributed by atoms with Crippen LogP contribution in [0.15, 0.2) is 22.7 Å². The Labute approximate surface area is 121 Å². The van der Waals surface area contributed by atoms with Gasteiger partial charge in [-0.15, -0.1) is 0 Å². The van der Waals surface area contributed by atoms with Crippen molar-refractivity contribution in [3.05, 3.63) is 34.9 Å². The molecular formula is C14H15ClFN3O. The lowest BCUT2D eigenvalue weighted by Gasteiger charge is -2.09. The average Bonchev–Trinajstić information content (AvgIpc) is 2.74. The fraction of sp³-hybridized carbons (Fsp3) is 0.429. The van der Waals surface area contributed by atoms with E-state index in [1.165, 1.54) is 25.0 Å². The summed E-state index contributed by atoms with van der Waals surface area (Å²) in [7, 11) is 0. The molecule has 2 aromatic rings. The molecule has 1 atom stereocenters. The number of halogens is 2. The number of nitrogens with zero attached hydrogens (tertiary/aromatic N) is 2. The molecule has 0 amide bonds. The highest BCUT2D eigenvalue weighted by Gasteiger charge is 2.21. The molecule has 1 aromatic heterocycles. The molecule has 1 aliphatic rings. The van der Waals surface area contributed by atoms with Gasteiger partial charge in [-0.1, -0.05) is 29.6 Å². The summed E-state index contributed by atoms with van der Waals surface area (Å²) in [5, 5.41) is 7.63. The molecule has 0 aliphatic carbocycles. The van der Waals surface area contributed by atoms with Gasteiger partial charge in [0.05, 0.1) is 11.1 Å². The predicted molar refractivity (Wildman–Crippen MR) is 73.9 cm³/mol. The summed E-state index contributed by atoms with van der Waals surface area (Å²) in [4.78, 5) is 4.39. The maximum Gasteiger partial charge on any atom is 0.244 e. The van der Waals surface area contributed by atoms with Gasteiger partial charge in [-0.2, -0.15) is 4.98 Å². The van der Waals surface area contributed by atoms with Crippen molar-refractivity contribution in [2.75, 3.05) is 6.54 Å². The monoisotopic (exact) mass is 295 g/mol. The molecule has 0 bridgehead atoms. The highest BCUT2D eigenvalue weighted by Crippen LogP contribution is 2.28. The van der Waals surface area contributed by atoms with Gasteiger partial charge in [0.1, 0.15) is 5.82 Å². The molecule has 1 aromatic carbocycles. The summed E-state index contributed by atoms with van der Waals surface area (Å²) in [5.41, 5.74) is 0.580. The fourth-order valence-corrected chi connectivity index (χ4v) is 2.65. The van der Waals surface area contributed by atoms with Crippen LogP contribution in [0.2, 0.25) is 5.02 Å².